The standard InChI is InChI=1S/C13H12N4O2S/c1-17-8-10(7-14-17)13-15-12(19-16-13)4-6-20-9-11-3-2-5-18-11/h2-8H,9H2,1H3. The van der Waals surface area contributed by atoms with Gasteiger partial charge in [-0.2, -0.15) is 10.1 Å². The van der Waals surface area contributed by atoms with Crippen LogP contribution in [0.2, 0.25) is 0 Å². The number of furan rings is 1. The number of nitrogens with zero attached hydrogens (tertiary/aromatic N) is 4. The zero-order chi connectivity index (χ0) is 13.8. The molecule has 0 saturated heterocycles. The summed E-state index contributed by atoms with van der Waals surface area (Å²) in [7, 11) is 1.84. The summed E-state index contributed by atoms with van der Waals surface area (Å²) in [6, 6.07) is 3.81. The molecule has 0 unspecified atom stereocenters. The van der Waals surface area contributed by atoms with Gasteiger partial charge in [0, 0.05) is 19.3 Å². The molecule has 3 heterocycles. The molecule has 20 heavy (non-hydrogen) atoms. The normalized spacial score (nSPS) is 11.4. The van der Waals surface area contributed by atoms with Crippen LogP contribution in [0.25, 0.3) is 17.5 Å². The molecule has 0 bridgehead atoms. The number of hydrogen-bond donors (Lipinski definition) is 0. The summed E-state index contributed by atoms with van der Waals surface area (Å²) in [5, 5.41) is 9.88. The van der Waals surface area contributed by atoms with Crippen LogP contribution in [-0.2, 0) is 12.8 Å². The van der Waals surface area contributed by atoms with Crippen LogP contribution in [0.1, 0.15) is 11.7 Å². The topological polar surface area (TPSA) is 69.9 Å². The Bertz CT molecular complexity index is 700. The van der Waals surface area contributed by atoms with Gasteiger partial charge in [-0.1, -0.05) is 5.16 Å². The van der Waals surface area contributed by atoms with E-state index in [2.05, 4.69) is 15.2 Å². The SMILES string of the molecule is Cn1cc(-c2noc(C=CSCc3ccco3)n2)cn1. The molecule has 0 fully saturated rings. The van der Waals surface area contributed by atoms with Crippen LogP contribution >= 0.6 is 11.8 Å². The molecule has 0 saturated carbocycles. The van der Waals surface area contributed by atoms with Gasteiger partial charge in [0.2, 0.25) is 5.82 Å². The van der Waals surface area contributed by atoms with Crippen LogP contribution in [0.5, 0.6) is 0 Å². The van der Waals surface area contributed by atoms with Gasteiger partial charge in [-0.05, 0) is 17.5 Å². The second-order valence-corrected chi connectivity index (χ2v) is 4.95. The van der Waals surface area contributed by atoms with E-state index in [0.717, 1.165) is 17.1 Å². The maximum Gasteiger partial charge on any atom is 0.251 e. The molecule has 0 aromatic carbocycles. The Labute approximate surface area is 119 Å². The smallest absolute Gasteiger partial charge is 0.251 e. The molecule has 0 spiro atoms. The molecule has 3 rings (SSSR count). The molecule has 3 aromatic rings. The fourth-order valence-corrected chi connectivity index (χ4v) is 2.23. The molecule has 7 heteroatoms. The van der Waals surface area contributed by atoms with Crippen molar-refractivity contribution in [2.75, 3.05) is 0 Å². The van der Waals surface area contributed by atoms with E-state index in [4.69, 9.17) is 8.94 Å². The monoisotopic (exact) mass is 288 g/mol. The second kappa shape index (κ2) is 5.79. The lowest BCUT2D eigenvalue weighted by atomic mass is 10.3. The predicted octanol–water partition coefficient (Wildman–Crippen LogP) is 2.97. The van der Waals surface area contributed by atoms with Gasteiger partial charge in [-0.3, -0.25) is 4.68 Å². The van der Waals surface area contributed by atoms with E-state index in [1.165, 1.54) is 0 Å². The molecular formula is C13H12N4O2S. The van der Waals surface area contributed by atoms with Gasteiger partial charge < -0.3 is 8.94 Å². The highest BCUT2D eigenvalue weighted by atomic mass is 32.2. The molecule has 0 amide bonds. The Kier molecular flexibility index (Phi) is 3.69. The van der Waals surface area contributed by atoms with E-state index >= 15 is 0 Å². The summed E-state index contributed by atoms with van der Waals surface area (Å²) in [5.74, 6) is 2.71. The molecule has 0 N–H and O–H groups in total. The average molecular weight is 288 g/mol. The zero-order valence-corrected chi connectivity index (χ0v) is 11.6. The summed E-state index contributed by atoms with van der Waals surface area (Å²) < 4.78 is 12.1. The van der Waals surface area contributed by atoms with E-state index in [-0.39, 0.29) is 0 Å². The molecule has 0 aliphatic carbocycles. The number of hydrogen-bond acceptors (Lipinski definition) is 6. The van der Waals surface area contributed by atoms with Crippen LogP contribution in [-0.4, -0.2) is 19.9 Å². The Morgan fingerprint density at radius 3 is 3.15 bits per heavy atom. The van der Waals surface area contributed by atoms with Crippen LogP contribution in [0.3, 0.4) is 0 Å². The highest BCUT2D eigenvalue weighted by Crippen LogP contribution is 2.17. The van der Waals surface area contributed by atoms with E-state index < -0.39 is 0 Å². The highest BCUT2D eigenvalue weighted by molar-refractivity contribution is 8.01. The third-order valence-corrected chi connectivity index (χ3v) is 3.30. The highest BCUT2D eigenvalue weighted by Gasteiger charge is 2.07. The van der Waals surface area contributed by atoms with Gasteiger partial charge in [-0.25, -0.2) is 0 Å². The third-order valence-electron chi connectivity index (χ3n) is 2.52. The first-order valence-electron chi connectivity index (χ1n) is 5.94. The number of rotatable bonds is 5. The van der Waals surface area contributed by atoms with Gasteiger partial charge in [0.15, 0.2) is 0 Å². The van der Waals surface area contributed by atoms with Crippen molar-refractivity contribution in [2.24, 2.45) is 7.05 Å². The van der Waals surface area contributed by atoms with Gasteiger partial charge in [0.25, 0.3) is 5.89 Å². The molecule has 0 atom stereocenters. The summed E-state index contributed by atoms with van der Waals surface area (Å²) >= 11 is 1.60. The molecule has 0 aliphatic heterocycles. The maximum atomic E-state index is 5.23. The lowest BCUT2D eigenvalue weighted by Crippen LogP contribution is -1.84. The van der Waals surface area contributed by atoms with E-state index in [1.54, 1.807) is 35.0 Å². The third kappa shape index (κ3) is 3.00. The number of aromatic nitrogens is 4. The summed E-state index contributed by atoms with van der Waals surface area (Å²) in [4.78, 5) is 4.27. The molecule has 6 nitrogen and oxygen atoms in total. The van der Waals surface area contributed by atoms with Gasteiger partial charge in [0.05, 0.1) is 23.8 Å². The van der Waals surface area contributed by atoms with E-state index in [1.807, 2.05) is 30.8 Å². The van der Waals surface area contributed by atoms with Gasteiger partial charge >= 0.3 is 0 Å². The quantitative estimate of drug-likeness (QED) is 0.719. The van der Waals surface area contributed by atoms with Gasteiger partial charge in [-0.15, -0.1) is 11.8 Å². The number of aryl methyl sites for hydroxylation is 1. The fourth-order valence-electron chi connectivity index (χ4n) is 1.59. The van der Waals surface area contributed by atoms with Gasteiger partial charge in [0.1, 0.15) is 5.76 Å². The van der Waals surface area contributed by atoms with Crippen molar-refractivity contribution < 1.29 is 8.94 Å². The molecule has 102 valence electrons. The van der Waals surface area contributed by atoms with Crippen molar-refractivity contribution >= 4 is 17.8 Å². The Hall–Kier alpha value is -2.28. The minimum Gasteiger partial charge on any atom is -0.468 e. The van der Waals surface area contributed by atoms with Crippen molar-refractivity contribution in [3.8, 4) is 11.4 Å². The van der Waals surface area contributed by atoms with Crippen molar-refractivity contribution in [3.63, 3.8) is 0 Å². The molecule has 0 radical (unpaired) electrons. The first-order valence-corrected chi connectivity index (χ1v) is 6.99. The Balaban J connectivity index is 1.59. The molecular weight excluding hydrogens is 276 g/mol. The number of thioether (sulfide) groups is 1. The van der Waals surface area contributed by atoms with Crippen molar-refractivity contribution in [1.82, 2.24) is 19.9 Å². The van der Waals surface area contributed by atoms with Crippen LogP contribution in [0, 0.1) is 0 Å². The summed E-state index contributed by atoms with van der Waals surface area (Å²) in [6.07, 6.45) is 6.98. The Morgan fingerprint density at radius 1 is 1.45 bits per heavy atom. The van der Waals surface area contributed by atoms with Crippen LogP contribution in [0.4, 0.5) is 0 Å². The van der Waals surface area contributed by atoms with Crippen LogP contribution in [0.15, 0.2) is 45.1 Å². The second-order valence-electron chi connectivity index (χ2n) is 4.05. The maximum absolute atomic E-state index is 5.23. The molecule has 0 aliphatic rings. The average Bonchev–Trinajstić information content (AvgIpc) is 3.16. The van der Waals surface area contributed by atoms with Crippen molar-refractivity contribution in [1.29, 1.82) is 0 Å². The minimum atomic E-state index is 0.468. The lowest BCUT2D eigenvalue weighted by Gasteiger charge is -1.89. The molecule has 3 aromatic heterocycles. The van der Waals surface area contributed by atoms with E-state index in [0.29, 0.717) is 11.7 Å². The first kappa shape index (κ1) is 12.7. The predicted molar refractivity (Wildman–Crippen MR) is 75.5 cm³/mol. The summed E-state index contributed by atoms with van der Waals surface area (Å²) in [5.41, 5.74) is 0.833. The largest absolute Gasteiger partial charge is 0.468 e. The first-order chi connectivity index (χ1) is 9.81. The fraction of sp³-hybridized carbons (Fsp3) is 0.154. The van der Waals surface area contributed by atoms with E-state index in [9.17, 15) is 0 Å². The minimum absolute atomic E-state index is 0.468. The zero-order valence-electron chi connectivity index (χ0n) is 10.8. The van der Waals surface area contributed by atoms with Crippen LogP contribution < -0.4 is 0 Å². The van der Waals surface area contributed by atoms with Crippen molar-refractivity contribution in [3.05, 3.63) is 47.8 Å². The Morgan fingerprint density at radius 2 is 2.40 bits per heavy atom. The summed E-state index contributed by atoms with van der Waals surface area (Å²) in [6.45, 7) is 0. The lowest BCUT2D eigenvalue weighted by molar-refractivity contribution is 0.411. The van der Waals surface area contributed by atoms with Crippen molar-refractivity contribution in [2.45, 2.75) is 5.75 Å².